The van der Waals surface area contributed by atoms with Crippen LogP contribution < -0.4 is 4.72 Å². The van der Waals surface area contributed by atoms with E-state index in [1.807, 2.05) is 0 Å². The number of carbonyl (C=O) groups is 1. The fourth-order valence-corrected chi connectivity index (χ4v) is 3.72. The van der Waals surface area contributed by atoms with Gasteiger partial charge in [0.2, 0.25) is 0 Å². The van der Waals surface area contributed by atoms with E-state index < -0.39 is 22.1 Å². The fraction of sp³-hybridized carbons (Fsp3) is 0.455. The summed E-state index contributed by atoms with van der Waals surface area (Å²) in [6, 6.07) is 1.51. The van der Waals surface area contributed by atoms with Crippen molar-refractivity contribution in [3.05, 3.63) is 21.9 Å². The molecule has 1 aromatic heterocycles. The van der Waals surface area contributed by atoms with E-state index >= 15 is 0 Å². The predicted octanol–water partition coefficient (Wildman–Crippen LogP) is 1.95. The molecule has 10 heteroatoms. The van der Waals surface area contributed by atoms with Crippen LogP contribution in [0.1, 0.15) is 12.8 Å². The van der Waals surface area contributed by atoms with Crippen molar-refractivity contribution in [1.29, 1.82) is 0 Å². The molecule has 0 aliphatic carbocycles. The first-order chi connectivity index (χ1) is 9.79. The van der Waals surface area contributed by atoms with Gasteiger partial charge in [0.15, 0.2) is 0 Å². The number of anilines is 1. The minimum Gasteiger partial charge on any atom is -0.481 e. The van der Waals surface area contributed by atoms with E-state index in [1.165, 1.54) is 16.6 Å². The smallest absolute Gasteiger partial charge is 0.306 e. The number of carboxylic acid groups (broad SMARTS) is 1. The van der Waals surface area contributed by atoms with Crippen LogP contribution in [-0.2, 0) is 15.0 Å². The maximum atomic E-state index is 12.2. The first-order valence-electron chi connectivity index (χ1n) is 6.11. The summed E-state index contributed by atoms with van der Waals surface area (Å²) in [6.45, 7) is 0.350. The van der Waals surface area contributed by atoms with Gasteiger partial charge in [-0.25, -0.2) is 4.98 Å². The molecule has 0 spiro atoms. The highest BCUT2D eigenvalue weighted by atomic mass is 79.9. The third-order valence-corrected chi connectivity index (χ3v) is 5.86. The molecule has 0 saturated carbocycles. The number of hydrogen-bond acceptors (Lipinski definition) is 4. The SMILES string of the molecule is O=C(O)C1CCN(S(=O)(=O)Nc2cnc(Cl)c(Br)c2)CC1. The monoisotopic (exact) mass is 397 g/mol. The number of halogens is 2. The topological polar surface area (TPSA) is 99.6 Å². The van der Waals surface area contributed by atoms with Crippen LogP contribution >= 0.6 is 27.5 Å². The Bertz CT molecular complexity index is 647. The summed E-state index contributed by atoms with van der Waals surface area (Å²) < 4.78 is 28.5. The Balaban J connectivity index is 2.05. The quantitative estimate of drug-likeness (QED) is 0.755. The van der Waals surface area contributed by atoms with E-state index in [4.69, 9.17) is 16.7 Å². The standard InChI is InChI=1S/C11H13BrClN3O4S/c12-9-5-8(6-14-10(9)13)15-21(19,20)16-3-1-7(2-4-16)11(17)18/h5-7,15H,1-4H2,(H,17,18). The summed E-state index contributed by atoms with van der Waals surface area (Å²) in [5.41, 5.74) is 0.284. The lowest BCUT2D eigenvalue weighted by Gasteiger charge is -2.29. The molecule has 2 rings (SSSR count). The zero-order valence-corrected chi connectivity index (χ0v) is 13.9. The number of rotatable bonds is 4. The van der Waals surface area contributed by atoms with Gasteiger partial charge in [-0.1, -0.05) is 11.6 Å². The Hall–Kier alpha value is -0.900. The van der Waals surface area contributed by atoms with Gasteiger partial charge in [0.1, 0.15) is 5.15 Å². The average molecular weight is 399 g/mol. The number of nitrogens with one attached hydrogen (secondary N) is 1. The first kappa shape index (κ1) is 16.5. The van der Waals surface area contributed by atoms with Gasteiger partial charge in [0.25, 0.3) is 0 Å². The van der Waals surface area contributed by atoms with E-state index in [0.29, 0.717) is 17.3 Å². The molecule has 7 nitrogen and oxygen atoms in total. The molecule has 0 unspecified atom stereocenters. The number of nitrogens with zero attached hydrogens (tertiary/aromatic N) is 2. The van der Waals surface area contributed by atoms with Crippen LogP contribution in [0.5, 0.6) is 0 Å². The van der Waals surface area contributed by atoms with E-state index in [9.17, 15) is 13.2 Å². The molecule has 0 bridgehead atoms. The van der Waals surface area contributed by atoms with Gasteiger partial charge in [-0.15, -0.1) is 0 Å². The summed E-state index contributed by atoms with van der Waals surface area (Å²) in [5.74, 6) is -1.37. The van der Waals surface area contributed by atoms with Crippen molar-refractivity contribution in [2.75, 3.05) is 17.8 Å². The maximum absolute atomic E-state index is 12.2. The lowest BCUT2D eigenvalue weighted by molar-refractivity contribution is -0.142. The van der Waals surface area contributed by atoms with Gasteiger partial charge in [-0.2, -0.15) is 12.7 Å². The number of aromatic nitrogens is 1. The van der Waals surface area contributed by atoms with E-state index in [2.05, 4.69) is 25.6 Å². The normalized spacial score (nSPS) is 17.6. The molecule has 1 aromatic rings. The third kappa shape index (κ3) is 4.06. The maximum Gasteiger partial charge on any atom is 0.306 e. The zero-order chi connectivity index (χ0) is 15.6. The molecule has 116 valence electrons. The highest BCUT2D eigenvalue weighted by molar-refractivity contribution is 9.10. The van der Waals surface area contributed by atoms with Crippen molar-refractivity contribution in [2.24, 2.45) is 5.92 Å². The molecule has 1 aliphatic heterocycles. The first-order valence-corrected chi connectivity index (χ1v) is 8.72. The Kier molecular flexibility index (Phi) is 5.07. The van der Waals surface area contributed by atoms with Crippen molar-refractivity contribution in [3.63, 3.8) is 0 Å². The Morgan fingerprint density at radius 2 is 2.10 bits per heavy atom. The lowest BCUT2D eigenvalue weighted by Crippen LogP contribution is -2.42. The summed E-state index contributed by atoms with van der Waals surface area (Å²) in [5, 5.41) is 9.15. The van der Waals surface area contributed by atoms with E-state index in [0.717, 1.165) is 0 Å². The van der Waals surface area contributed by atoms with Gasteiger partial charge in [-0.05, 0) is 34.8 Å². The summed E-state index contributed by atoms with van der Waals surface area (Å²) >= 11 is 8.91. The predicted molar refractivity (Wildman–Crippen MR) is 81.4 cm³/mol. The molecule has 21 heavy (non-hydrogen) atoms. The number of piperidine rings is 1. The van der Waals surface area contributed by atoms with Crippen LogP contribution in [0.15, 0.2) is 16.7 Å². The minimum atomic E-state index is -3.73. The van der Waals surface area contributed by atoms with Gasteiger partial charge in [-0.3, -0.25) is 9.52 Å². The van der Waals surface area contributed by atoms with E-state index in [-0.39, 0.29) is 23.9 Å². The van der Waals surface area contributed by atoms with Crippen LogP contribution in [0.4, 0.5) is 5.69 Å². The Morgan fingerprint density at radius 3 is 2.62 bits per heavy atom. The van der Waals surface area contributed by atoms with Crippen LogP contribution in [0.25, 0.3) is 0 Å². The molecule has 0 radical (unpaired) electrons. The molecule has 0 aromatic carbocycles. The van der Waals surface area contributed by atoms with Gasteiger partial charge >= 0.3 is 16.2 Å². The molecule has 1 fully saturated rings. The molecule has 0 atom stereocenters. The molecule has 1 saturated heterocycles. The molecule has 2 heterocycles. The number of pyridine rings is 1. The highest BCUT2D eigenvalue weighted by Gasteiger charge is 2.31. The Morgan fingerprint density at radius 1 is 1.48 bits per heavy atom. The summed E-state index contributed by atoms with van der Waals surface area (Å²) in [7, 11) is -3.73. The van der Waals surface area contributed by atoms with Crippen molar-refractivity contribution in [3.8, 4) is 0 Å². The summed E-state index contributed by atoms with van der Waals surface area (Å²) in [6.07, 6.45) is 1.92. The van der Waals surface area contributed by atoms with Crippen LogP contribution in [0.3, 0.4) is 0 Å². The molecule has 2 N–H and O–H groups in total. The average Bonchev–Trinajstić information content (AvgIpc) is 2.43. The molecular formula is C11H13BrClN3O4S. The van der Waals surface area contributed by atoms with Gasteiger partial charge in [0.05, 0.1) is 22.3 Å². The van der Waals surface area contributed by atoms with Crippen molar-refractivity contribution < 1.29 is 18.3 Å². The van der Waals surface area contributed by atoms with Crippen molar-refractivity contribution in [2.45, 2.75) is 12.8 Å². The van der Waals surface area contributed by atoms with Gasteiger partial charge in [0, 0.05) is 13.1 Å². The second-order valence-corrected chi connectivity index (χ2v) is 7.50. The number of carboxylic acids is 1. The minimum absolute atomic E-state index is 0.175. The van der Waals surface area contributed by atoms with Crippen molar-refractivity contribution >= 4 is 49.4 Å². The summed E-state index contributed by atoms with van der Waals surface area (Å²) in [4.78, 5) is 14.7. The number of aliphatic carboxylic acids is 1. The molecular weight excluding hydrogens is 386 g/mol. The lowest BCUT2D eigenvalue weighted by atomic mass is 9.99. The largest absolute Gasteiger partial charge is 0.481 e. The van der Waals surface area contributed by atoms with E-state index in [1.54, 1.807) is 0 Å². The van der Waals surface area contributed by atoms with Crippen molar-refractivity contribution in [1.82, 2.24) is 9.29 Å². The number of hydrogen-bond donors (Lipinski definition) is 2. The van der Waals surface area contributed by atoms with Crippen LogP contribution in [0.2, 0.25) is 5.15 Å². The molecule has 1 aliphatic rings. The second-order valence-electron chi connectivity index (χ2n) is 4.62. The Labute approximate surface area is 135 Å². The van der Waals surface area contributed by atoms with Crippen LogP contribution in [0, 0.1) is 5.92 Å². The zero-order valence-electron chi connectivity index (χ0n) is 10.8. The second kappa shape index (κ2) is 6.47. The van der Waals surface area contributed by atoms with Crippen LogP contribution in [-0.4, -0.2) is 41.9 Å². The third-order valence-electron chi connectivity index (χ3n) is 3.19. The molecule has 0 amide bonds. The highest BCUT2D eigenvalue weighted by Crippen LogP contribution is 2.25. The van der Waals surface area contributed by atoms with Gasteiger partial charge < -0.3 is 5.11 Å². The fourth-order valence-electron chi connectivity index (χ4n) is 2.03.